The van der Waals surface area contributed by atoms with E-state index in [9.17, 15) is 0 Å². The van der Waals surface area contributed by atoms with Gasteiger partial charge in [0.2, 0.25) is 0 Å². The number of para-hydroxylation sites is 1. The Balaban J connectivity index is 1.86. The van der Waals surface area contributed by atoms with E-state index in [0.29, 0.717) is 6.04 Å². The molecule has 1 aromatic heterocycles. The van der Waals surface area contributed by atoms with Crippen LogP contribution in [0.3, 0.4) is 0 Å². The minimum atomic E-state index is 0.584. The minimum absolute atomic E-state index is 0.584. The molecule has 1 saturated carbocycles. The number of nitrogens with zero attached hydrogens (tertiary/aromatic N) is 1. The molecule has 1 aliphatic carbocycles. The van der Waals surface area contributed by atoms with Crippen LogP contribution >= 0.6 is 0 Å². The molecule has 106 valence electrons. The molecular weight excluding hydrogens is 246 g/mol. The second-order valence-corrected chi connectivity index (χ2v) is 5.88. The maximum atomic E-state index is 6.01. The van der Waals surface area contributed by atoms with Gasteiger partial charge in [-0.3, -0.25) is 4.98 Å². The number of fused-ring (bicyclic) bond motifs is 1. The molecule has 0 amide bonds. The number of anilines is 2. The summed E-state index contributed by atoms with van der Waals surface area (Å²) in [5.74, 6) is 0.874. The van der Waals surface area contributed by atoms with E-state index in [0.717, 1.165) is 22.5 Å². The molecule has 3 nitrogen and oxygen atoms in total. The van der Waals surface area contributed by atoms with E-state index in [1.54, 1.807) is 0 Å². The number of benzene rings is 1. The van der Waals surface area contributed by atoms with E-state index in [1.807, 2.05) is 18.3 Å². The Morgan fingerprint density at radius 1 is 1.30 bits per heavy atom. The van der Waals surface area contributed by atoms with Crippen molar-refractivity contribution < 1.29 is 0 Å². The molecule has 3 N–H and O–H groups in total. The third-order valence-corrected chi connectivity index (χ3v) is 4.52. The van der Waals surface area contributed by atoms with Gasteiger partial charge in [0.15, 0.2) is 0 Å². The Labute approximate surface area is 120 Å². The zero-order chi connectivity index (χ0) is 13.9. The summed E-state index contributed by atoms with van der Waals surface area (Å²) in [6.07, 6.45) is 8.41. The zero-order valence-electron chi connectivity index (χ0n) is 12.1. The van der Waals surface area contributed by atoms with Crippen molar-refractivity contribution >= 4 is 22.3 Å². The van der Waals surface area contributed by atoms with E-state index in [-0.39, 0.29) is 0 Å². The van der Waals surface area contributed by atoms with E-state index < -0.39 is 0 Å². The lowest BCUT2D eigenvalue weighted by Gasteiger charge is -2.30. The molecule has 2 unspecified atom stereocenters. The number of hydrogen-bond acceptors (Lipinski definition) is 3. The largest absolute Gasteiger partial charge is 0.397 e. The predicted molar refractivity (Wildman–Crippen MR) is 85.8 cm³/mol. The van der Waals surface area contributed by atoms with Crippen molar-refractivity contribution in [1.29, 1.82) is 0 Å². The smallest absolute Gasteiger partial charge is 0.0951 e. The van der Waals surface area contributed by atoms with Crippen molar-refractivity contribution in [3.8, 4) is 0 Å². The number of aromatic nitrogens is 1. The molecule has 0 aliphatic heterocycles. The molecule has 0 radical (unpaired) electrons. The molecule has 0 saturated heterocycles. The highest BCUT2D eigenvalue weighted by atomic mass is 14.9. The second-order valence-electron chi connectivity index (χ2n) is 5.88. The molecule has 0 spiro atoms. The van der Waals surface area contributed by atoms with Crippen LogP contribution in [0.5, 0.6) is 0 Å². The fourth-order valence-electron chi connectivity index (χ4n) is 3.34. The summed E-state index contributed by atoms with van der Waals surface area (Å²) in [5.41, 5.74) is 8.84. The summed E-state index contributed by atoms with van der Waals surface area (Å²) in [5, 5.41) is 4.85. The van der Waals surface area contributed by atoms with Crippen LogP contribution in [0.1, 0.15) is 39.0 Å². The van der Waals surface area contributed by atoms with Crippen LogP contribution in [-0.4, -0.2) is 11.0 Å². The highest BCUT2D eigenvalue weighted by Crippen LogP contribution is 2.31. The maximum absolute atomic E-state index is 6.01. The second kappa shape index (κ2) is 5.70. The Morgan fingerprint density at radius 2 is 2.20 bits per heavy atom. The molecule has 2 aromatic rings. The summed E-state index contributed by atoms with van der Waals surface area (Å²) in [7, 11) is 0. The summed E-state index contributed by atoms with van der Waals surface area (Å²) >= 11 is 0. The molecule has 1 aromatic carbocycles. The molecule has 20 heavy (non-hydrogen) atoms. The highest BCUT2D eigenvalue weighted by molar-refractivity contribution is 5.97. The van der Waals surface area contributed by atoms with Gasteiger partial charge < -0.3 is 11.1 Å². The first-order valence-corrected chi connectivity index (χ1v) is 7.67. The molecule has 1 fully saturated rings. The van der Waals surface area contributed by atoms with Gasteiger partial charge in [0.05, 0.1) is 11.2 Å². The van der Waals surface area contributed by atoms with E-state index in [2.05, 4.69) is 29.4 Å². The fraction of sp³-hybridized carbons (Fsp3) is 0.471. The fourth-order valence-corrected chi connectivity index (χ4v) is 3.34. The number of pyridine rings is 1. The first-order valence-electron chi connectivity index (χ1n) is 7.67. The topological polar surface area (TPSA) is 50.9 Å². The lowest BCUT2D eigenvalue weighted by Crippen LogP contribution is -2.27. The first-order chi connectivity index (χ1) is 9.78. The van der Waals surface area contributed by atoms with Crippen molar-refractivity contribution in [2.45, 2.75) is 45.1 Å². The van der Waals surface area contributed by atoms with Gasteiger partial charge in [-0.15, -0.1) is 0 Å². The van der Waals surface area contributed by atoms with Gasteiger partial charge in [-0.05, 0) is 30.9 Å². The van der Waals surface area contributed by atoms with Crippen LogP contribution in [0.2, 0.25) is 0 Å². The predicted octanol–water partition coefficient (Wildman–Crippen LogP) is 4.20. The third kappa shape index (κ3) is 2.58. The monoisotopic (exact) mass is 269 g/mol. The summed E-state index contributed by atoms with van der Waals surface area (Å²) in [4.78, 5) is 4.40. The average Bonchev–Trinajstić information content (AvgIpc) is 2.49. The standard InChI is InChI=1S/C17H23N3/c1-2-12-5-3-6-13(11-12)20-16-9-10-19-17-14(16)7-4-8-15(17)18/h4,7-10,12-13H,2-3,5-6,11,18H2,1H3,(H,19,20). The molecule has 0 bridgehead atoms. The van der Waals surface area contributed by atoms with E-state index in [1.165, 1.54) is 37.8 Å². The van der Waals surface area contributed by atoms with Crippen molar-refractivity contribution in [3.05, 3.63) is 30.5 Å². The van der Waals surface area contributed by atoms with Gasteiger partial charge in [-0.2, -0.15) is 0 Å². The number of hydrogen-bond donors (Lipinski definition) is 2. The SMILES string of the molecule is CCC1CCCC(Nc2ccnc3c(N)cccc23)C1. The summed E-state index contributed by atoms with van der Waals surface area (Å²) < 4.78 is 0. The van der Waals surface area contributed by atoms with Crippen LogP contribution in [0, 0.1) is 5.92 Å². The van der Waals surface area contributed by atoms with Crippen molar-refractivity contribution in [3.63, 3.8) is 0 Å². The zero-order valence-corrected chi connectivity index (χ0v) is 12.1. The number of rotatable bonds is 3. The average molecular weight is 269 g/mol. The number of nitrogens with two attached hydrogens (primary N) is 1. The minimum Gasteiger partial charge on any atom is -0.397 e. The van der Waals surface area contributed by atoms with Crippen molar-refractivity contribution in [2.24, 2.45) is 5.92 Å². The van der Waals surface area contributed by atoms with Crippen LogP contribution in [0.15, 0.2) is 30.5 Å². The number of nitrogens with one attached hydrogen (secondary N) is 1. The van der Waals surface area contributed by atoms with Gasteiger partial charge in [-0.25, -0.2) is 0 Å². The Bertz CT molecular complexity index is 594. The van der Waals surface area contributed by atoms with Crippen LogP contribution in [0.25, 0.3) is 10.9 Å². The molecule has 3 heteroatoms. The van der Waals surface area contributed by atoms with Crippen molar-refractivity contribution in [1.82, 2.24) is 4.98 Å². The highest BCUT2D eigenvalue weighted by Gasteiger charge is 2.21. The Kier molecular flexibility index (Phi) is 3.77. The number of nitrogen functional groups attached to an aromatic ring is 1. The van der Waals surface area contributed by atoms with Crippen LogP contribution in [0.4, 0.5) is 11.4 Å². The van der Waals surface area contributed by atoms with Crippen LogP contribution < -0.4 is 11.1 Å². The maximum Gasteiger partial charge on any atom is 0.0951 e. The molecule has 1 heterocycles. The summed E-state index contributed by atoms with van der Waals surface area (Å²) in [6.45, 7) is 2.30. The summed E-state index contributed by atoms with van der Waals surface area (Å²) in [6, 6.07) is 8.66. The van der Waals surface area contributed by atoms with Gasteiger partial charge in [0.1, 0.15) is 0 Å². The van der Waals surface area contributed by atoms with Crippen LogP contribution in [-0.2, 0) is 0 Å². The van der Waals surface area contributed by atoms with Crippen molar-refractivity contribution in [2.75, 3.05) is 11.1 Å². The van der Waals surface area contributed by atoms with Gasteiger partial charge in [0, 0.05) is 23.3 Å². The molecule has 2 atom stereocenters. The van der Waals surface area contributed by atoms with Gasteiger partial charge in [-0.1, -0.05) is 38.3 Å². The Hall–Kier alpha value is -1.77. The Morgan fingerprint density at radius 3 is 3.05 bits per heavy atom. The third-order valence-electron chi connectivity index (χ3n) is 4.52. The quantitative estimate of drug-likeness (QED) is 0.821. The first kappa shape index (κ1) is 13.2. The molecule has 1 aliphatic rings. The normalized spacial score (nSPS) is 22.9. The van der Waals surface area contributed by atoms with E-state index in [4.69, 9.17) is 5.73 Å². The lowest BCUT2D eigenvalue weighted by molar-refractivity contribution is 0.327. The molecule has 3 rings (SSSR count). The molecular formula is C17H23N3. The van der Waals surface area contributed by atoms with E-state index >= 15 is 0 Å². The lowest BCUT2D eigenvalue weighted by atomic mass is 9.84. The van der Waals surface area contributed by atoms with Gasteiger partial charge in [0.25, 0.3) is 0 Å². The van der Waals surface area contributed by atoms with Gasteiger partial charge >= 0.3 is 0 Å².